The maximum Gasteiger partial charge on any atom is 0.310 e. The van der Waals surface area contributed by atoms with E-state index in [0.717, 1.165) is 38.3 Å². The molecular weight excluding hydrogens is 401 g/mol. The van der Waals surface area contributed by atoms with Crippen LogP contribution in [0.1, 0.15) is 46.5 Å². The van der Waals surface area contributed by atoms with Gasteiger partial charge >= 0.3 is 10.2 Å². The Bertz CT molecular complexity index is 734. The van der Waals surface area contributed by atoms with E-state index < -0.39 is 15.1 Å². The summed E-state index contributed by atoms with van der Waals surface area (Å²) in [5, 5.41) is 0. The summed E-state index contributed by atoms with van der Waals surface area (Å²) in [4.78, 5) is 0.408. The second-order valence-corrected chi connectivity index (χ2v) is 11.3. The number of hydrogen-bond acceptors (Lipinski definition) is 3. The molecule has 0 bridgehead atoms. The van der Waals surface area contributed by atoms with Gasteiger partial charge in [-0.3, -0.25) is 4.90 Å². The summed E-state index contributed by atoms with van der Waals surface area (Å²) in [6.45, 7) is 7.67. The number of ether oxygens (including phenoxy) is 2. The standard InChI is InChI=1S/C19H28F5NO2S/c1-18(2,3)27-14-19-9-5-11-25(19)15(8-10-19)13-26-16-6-4-7-17(12-16)28(20,21,22,23)24/h4,6-7,12,15H,5,8-11,13-14H2,1-3H3/t15-,19-/m0/s1. The summed E-state index contributed by atoms with van der Waals surface area (Å²) >= 11 is 0. The van der Waals surface area contributed by atoms with E-state index in [9.17, 15) is 19.4 Å². The van der Waals surface area contributed by atoms with Gasteiger partial charge in [0.1, 0.15) is 17.3 Å². The van der Waals surface area contributed by atoms with Crippen molar-refractivity contribution < 1.29 is 28.9 Å². The molecule has 9 heteroatoms. The van der Waals surface area contributed by atoms with Gasteiger partial charge in [0.15, 0.2) is 0 Å². The van der Waals surface area contributed by atoms with Crippen LogP contribution in [0, 0.1) is 0 Å². The SMILES string of the molecule is CC(C)(C)OC[C@@]12CCCN1[C@H](COc1cccc(S(F)(F)(F)(F)F)c1)CC2. The molecule has 2 saturated heterocycles. The smallest absolute Gasteiger partial charge is 0.310 e. The maximum absolute atomic E-state index is 13.0. The monoisotopic (exact) mass is 429 g/mol. The molecule has 0 N–H and O–H groups in total. The fraction of sp³-hybridized carbons (Fsp3) is 0.684. The predicted octanol–water partition coefficient (Wildman–Crippen LogP) is 6.53. The van der Waals surface area contributed by atoms with Crippen LogP contribution >= 0.6 is 10.2 Å². The molecule has 0 radical (unpaired) electrons. The van der Waals surface area contributed by atoms with Gasteiger partial charge in [-0.15, -0.1) is 0 Å². The second kappa shape index (κ2) is 6.22. The third kappa shape index (κ3) is 4.91. The first kappa shape index (κ1) is 21.6. The highest BCUT2D eigenvalue weighted by molar-refractivity contribution is 8.45. The van der Waals surface area contributed by atoms with Crippen LogP contribution in [-0.4, -0.2) is 41.8 Å². The zero-order valence-corrected chi connectivity index (χ0v) is 17.2. The summed E-state index contributed by atoms with van der Waals surface area (Å²) in [5.41, 5.74) is -0.309. The minimum atomic E-state index is -9.71. The van der Waals surface area contributed by atoms with Gasteiger partial charge in [0.2, 0.25) is 0 Å². The highest BCUT2D eigenvalue weighted by Crippen LogP contribution is 3.02. The normalized spacial score (nSPS) is 28.6. The fourth-order valence-corrected chi connectivity index (χ4v) is 4.81. The Labute approximate surface area is 162 Å². The van der Waals surface area contributed by atoms with E-state index in [1.54, 1.807) is 0 Å². The van der Waals surface area contributed by atoms with Crippen LogP contribution in [0.25, 0.3) is 0 Å². The van der Waals surface area contributed by atoms with E-state index in [0.29, 0.717) is 18.7 Å². The fourth-order valence-electron chi connectivity index (χ4n) is 4.14. The van der Waals surface area contributed by atoms with Crippen LogP contribution in [0.3, 0.4) is 0 Å². The molecule has 2 heterocycles. The summed E-state index contributed by atoms with van der Waals surface area (Å²) in [7, 11) is -9.71. The predicted molar refractivity (Wildman–Crippen MR) is 101 cm³/mol. The van der Waals surface area contributed by atoms with Crippen molar-refractivity contribution in [2.24, 2.45) is 0 Å². The van der Waals surface area contributed by atoms with Crippen LogP contribution < -0.4 is 4.74 Å². The minimum absolute atomic E-state index is 0.0368. The highest BCUT2D eigenvalue weighted by atomic mass is 32.5. The molecule has 3 rings (SSSR count). The van der Waals surface area contributed by atoms with Crippen molar-refractivity contribution in [3.8, 4) is 5.75 Å². The molecule has 0 aliphatic carbocycles. The Hall–Kier alpha value is -1.06. The molecule has 2 aliphatic heterocycles. The van der Waals surface area contributed by atoms with Crippen LogP contribution in [0.4, 0.5) is 19.4 Å². The van der Waals surface area contributed by atoms with Gasteiger partial charge in [-0.1, -0.05) is 25.5 Å². The average molecular weight is 429 g/mol. The lowest BCUT2D eigenvalue weighted by atomic mass is 9.95. The number of rotatable bonds is 6. The average Bonchev–Trinajstić information content (AvgIpc) is 3.08. The van der Waals surface area contributed by atoms with Gasteiger partial charge in [0.25, 0.3) is 0 Å². The lowest BCUT2D eigenvalue weighted by Crippen LogP contribution is -2.48. The van der Waals surface area contributed by atoms with Gasteiger partial charge in [-0.2, -0.15) is 0 Å². The Balaban J connectivity index is 1.67. The minimum Gasteiger partial charge on any atom is -0.492 e. The highest BCUT2D eigenvalue weighted by Gasteiger charge is 2.65. The molecule has 0 unspecified atom stereocenters. The first-order chi connectivity index (χ1) is 12.6. The van der Waals surface area contributed by atoms with Crippen molar-refractivity contribution in [2.75, 3.05) is 19.8 Å². The molecule has 2 aliphatic rings. The molecule has 0 amide bonds. The lowest BCUT2D eigenvalue weighted by Gasteiger charge is -2.40. The molecule has 0 spiro atoms. The molecule has 0 saturated carbocycles. The molecule has 0 aromatic heterocycles. The molecular formula is C19H28F5NO2S. The molecule has 162 valence electrons. The van der Waals surface area contributed by atoms with Gasteiger partial charge in [-0.25, -0.2) is 0 Å². The zero-order chi connectivity index (χ0) is 20.9. The van der Waals surface area contributed by atoms with Crippen molar-refractivity contribution in [3.63, 3.8) is 0 Å². The maximum atomic E-state index is 13.0. The largest absolute Gasteiger partial charge is 0.492 e. The summed E-state index contributed by atoms with van der Waals surface area (Å²) < 4.78 is 76.5. The summed E-state index contributed by atoms with van der Waals surface area (Å²) in [5.74, 6) is -0.187. The van der Waals surface area contributed by atoms with Crippen molar-refractivity contribution in [2.45, 2.75) is 68.5 Å². The molecule has 2 atom stereocenters. The summed E-state index contributed by atoms with van der Waals surface area (Å²) in [6.07, 6.45) is 3.82. The van der Waals surface area contributed by atoms with E-state index in [1.807, 2.05) is 20.8 Å². The Morgan fingerprint density at radius 3 is 2.50 bits per heavy atom. The van der Waals surface area contributed by atoms with Crippen molar-refractivity contribution in [1.82, 2.24) is 4.90 Å². The molecule has 2 fully saturated rings. The van der Waals surface area contributed by atoms with E-state index in [-0.39, 0.29) is 29.5 Å². The third-order valence-corrected chi connectivity index (χ3v) is 6.65. The Morgan fingerprint density at radius 1 is 1.14 bits per heavy atom. The van der Waals surface area contributed by atoms with E-state index in [2.05, 4.69) is 4.90 Å². The van der Waals surface area contributed by atoms with Crippen LogP contribution in [0.15, 0.2) is 29.2 Å². The number of fused-ring (bicyclic) bond motifs is 1. The number of nitrogens with zero attached hydrogens (tertiary/aromatic N) is 1. The number of halogens is 5. The van der Waals surface area contributed by atoms with E-state index in [1.165, 1.54) is 6.07 Å². The lowest BCUT2D eigenvalue weighted by molar-refractivity contribution is -0.0583. The first-order valence-corrected chi connectivity index (χ1v) is 11.4. The zero-order valence-electron chi connectivity index (χ0n) is 16.4. The Morgan fingerprint density at radius 2 is 1.86 bits per heavy atom. The van der Waals surface area contributed by atoms with Gasteiger partial charge in [0.05, 0.1) is 12.2 Å². The van der Waals surface area contributed by atoms with Gasteiger partial charge in [0, 0.05) is 17.6 Å². The number of benzene rings is 1. The van der Waals surface area contributed by atoms with Gasteiger partial charge in [-0.05, 0) is 65.1 Å². The van der Waals surface area contributed by atoms with Gasteiger partial charge < -0.3 is 9.47 Å². The second-order valence-electron chi connectivity index (χ2n) is 8.87. The van der Waals surface area contributed by atoms with Crippen LogP contribution in [0.2, 0.25) is 0 Å². The van der Waals surface area contributed by atoms with E-state index >= 15 is 0 Å². The number of hydrogen-bond donors (Lipinski definition) is 0. The Kier molecular flexibility index (Phi) is 4.81. The molecule has 3 nitrogen and oxygen atoms in total. The van der Waals surface area contributed by atoms with Crippen molar-refractivity contribution >= 4 is 10.2 Å². The van der Waals surface area contributed by atoms with Crippen molar-refractivity contribution in [3.05, 3.63) is 24.3 Å². The quantitative estimate of drug-likeness (QED) is 0.480. The molecule has 1 aromatic carbocycles. The third-order valence-electron chi connectivity index (χ3n) is 5.50. The van der Waals surface area contributed by atoms with Crippen LogP contribution in [-0.2, 0) is 4.74 Å². The van der Waals surface area contributed by atoms with E-state index in [4.69, 9.17) is 9.47 Å². The summed E-state index contributed by atoms with van der Waals surface area (Å²) in [6, 6.07) is 3.06. The first-order valence-electron chi connectivity index (χ1n) is 9.46. The van der Waals surface area contributed by atoms with Crippen LogP contribution in [0.5, 0.6) is 5.75 Å². The molecule has 1 aromatic rings. The molecule has 28 heavy (non-hydrogen) atoms. The van der Waals surface area contributed by atoms with Crippen molar-refractivity contribution in [1.29, 1.82) is 0 Å². The topological polar surface area (TPSA) is 21.7 Å².